The molecule has 3 aromatic carbocycles. The lowest BCUT2D eigenvalue weighted by atomic mass is 9.96. The minimum atomic E-state index is -0.172. The maximum Gasteiger partial charge on any atom is 0.273 e. The van der Waals surface area contributed by atoms with Crippen LogP contribution in [0.5, 0.6) is 0 Å². The van der Waals surface area contributed by atoms with Crippen LogP contribution in [0.4, 0.5) is 0 Å². The lowest BCUT2D eigenvalue weighted by Crippen LogP contribution is -2.33. The lowest BCUT2D eigenvalue weighted by molar-refractivity contribution is -0.121. The van der Waals surface area contributed by atoms with Crippen molar-refractivity contribution in [2.24, 2.45) is 0 Å². The van der Waals surface area contributed by atoms with Crippen molar-refractivity contribution < 1.29 is 4.79 Å². The zero-order chi connectivity index (χ0) is 23.5. The highest BCUT2D eigenvalue weighted by molar-refractivity contribution is 6.31. The Kier molecular flexibility index (Phi) is 6.20. The molecule has 5 nitrogen and oxygen atoms in total. The van der Waals surface area contributed by atoms with Gasteiger partial charge in [0.1, 0.15) is 5.69 Å². The number of rotatable bonds is 8. The molecule has 0 bridgehead atoms. The molecule has 0 atom stereocenters. The van der Waals surface area contributed by atoms with E-state index in [1.54, 1.807) is 16.7 Å². The van der Waals surface area contributed by atoms with E-state index in [-0.39, 0.29) is 29.7 Å². The van der Waals surface area contributed by atoms with Gasteiger partial charge in [0, 0.05) is 29.8 Å². The molecule has 1 saturated carbocycles. The molecule has 0 aliphatic heterocycles. The summed E-state index contributed by atoms with van der Waals surface area (Å²) in [6, 6.07) is 25.5. The van der Waals surface area contributed by atoms with E-state index in [1.165, 1.54) is 5.56 Å². The number of nitrogens with one attached hydrogen (secondary N) is 1. The number of aryl methyl sites for hydroxylation is 1. The Balaban J connectivity index is 1.33. The van der Waals surface area contributed by atoms with Crippen LogP contribution in [0.3, 0.4) is 0 Å². The van der Waals surface area contributed by atoms with Crippen molar-refractivity contribution in [2.45, 2.75) is 37.6 Å². The average Bonchev–Trinajstić information content (AvgIpc) is 3.66. The first kappa shape index (κ1) is 22.4. The van der Waals surface area contributed by atoms with E-state index in [1.807, 2.05) is 54.6 Å². The van der Waals surface area contributed by atoms with E-state index < -0.39 is 0 Å². The smallest absolute Gasteiger partial charge is 0.273 e. The average molecular weight is 472 g/mol. The molecule has 1 aromatic heterocycles. The molecule has 1 fully saturated rings. The third-order valence-corrected chi connectivity index (χ3v) is 6.85. The van der Waals surface area contributed by atoms with Crippen molar-refractivity contribution in [3.8, 4) is 0 Å². The van der Waals surface area contributed by atoms with Crippen molar-refractivity contribution in [2.75, 3.05) is 6.54 Å². The van der Waals surface area contributed by atoms with Gasteiger partial charge in [-0.1, -0.05) is 72.3 Å². The van der Waals surface area contributed by atoms with Crippen molar-refractivity contribution in [3.05, 3.63) is 111 Å². The van der Waals surface area contributed by atoms with Gasteiger partial charge in [0.05, 0.1) is 17.6 Å². The van der Waals surface area contributed by atoms with Crippen LogP contribution >= 0.6 is 11.6 Å². The van der Waals surface area contributed by atoms with E-state index in [0.717, 1.165) is 23.9 Å². The molecule has 5 rings (SSSR count). The second kappa shape index (κ2) is 9.43. The Hall–Kier alpha value is -3.44. The van der Waals surface area contributed by atoms with Crippen molar-refractivity contribution in [3.63, 3.8) is 0 Å². The fourth-order valence-electron chi connectivity index (χ4n) is 4.46. The molecular formula is C28H26ClN3O2. The number of carbonyl (C=O) groups excluding carboxylic acids is 1. The lowest BCUT2D eigenvalue weighted by Gasteiger charge is -2.17. The number of nitrogens with zero attached hydrogens (tertiary/aromatic N) is 2. The predicted molar refractivity (Wildman–Crippen MR) is 135 cm³/mol. The third kappa shape index (κ3) is 4.75. The van der Waals surface area contributed by atoms with Crippen LogP contribution in [-0.2, 0) is 23.2 Å². The zero-order valence-electron chi connectivity index (χ0n) is 18.8. The topological polar surface area (TPSA) is 64.0 Å². The van der Waals surface area contributed by atoms with E-state index in [0.29, 0.717) is 29.3 Å². The van der Waals surface area contributed by atoms with Crippen LogP contribution in [0.1, 0.15) is 36.1 Å². The van der Waals surface area contributed by atoms with Gasteiger partial charge in [-0.3, -0.25) is 9.59 Å². The second-order valence-corrected chi connectivity index (χ2v) is 9.43. The highest BCUT2D eigenvalue weighted by Crippen LogP contribution is 2.47. The van der Waals surface area contributed by atoms with Gasteiger partial charge in [-0.15, -0.1) is 0 Å². The SMILES string of the molecule is O=C(CCc1nc2cc(Cl)ccc2n(Cc2ccccc2)c1=O)NCC1(c2ccccc2)CC1. The summed E-state index contributed by atoms with van der Waals surface area (Å²) in [6.07, 6.45) is 2.65. The monoisotopic (exact) mass is 471 g/mol. The molecular weight excluding hydrogens is 446 g/mol. The molecule has 1 N–H and O–H groups in total. The molecule has 0 unspecified atom stereocenters. The number of hydrogen-bond donors (Lipinski definition) is 1. The van der Waals surface area contributed by atoms with Crippen LogP contribution < -0.4 is 10.9 Å². The number of fused-ring (bicyclic) bond motifs is 1. The van der Waals surface area contributed by atoms with E-state index >= 15 is 0 Å². The molecule has 0 radical (unpaired) electrons. The zero-order valence-corrected chi connectivity index (χ0v) is 19.6. The van der Waals surface area contributed by atoms with Gasteiger partial charge < -0.3 is 9.88 Å². The van der Waals surface area contributed by atoms with Crippen molar-refractivity contribution in [1.29, 1.82) is 0 Å². The first-order valence-corrected chi connectivity index (χ1v) is 12.0. The number of carbonyl (C=O) groups is 1. The molecule has 1 amide bonds. The number of benzene rings is 3. The third-order valence-electron chi connectivity index (χ3n) is 6.61. The summed E-state index contributed by atoms with van der Waals surface area (Å²) in [6.45, 7) is 1.05. The molecule has 4 aromatic rings. The van der Waals surface area contributed by atoms with Crippen LogP contribution in [0.25, 0.3) is 11.0 Å². The minimum absolute atomic E-state index is 0.0528. The van der Waals surface area contributed by atoms with Crippen LogP contribution in [-0.4, -0.2) is 22.0 Å². The van der Waals surface area contributed by atoms with E-state index in [9.17, 15) is 9.59 Å². The first-order chi connectivity index (χ1) is 16.5. The maximum atomic E-state index is 13.3. The van der Waals surface area contributed by atoms with Gasteiger partial charge in [-0.25, -0.2) is 4.98 Å². The largest absolute Gasteiger partial charge is 0.355 e. The quantitative estimate of drug-likeness (QED) is 0.398. The van der Waals surface area contributed by atoms with Crippen LogP contribution in [0.2, 0.25) is 5.02 Å². The van der Waals surface area contributed by atoms with Gasteiger partial charge in [0.25, 0.3) is 5.56 Å². The van der Waals surface area contributed by atoms with E-state index in [2.05, 4.69) is 22.4 Å². The number of halogens is 1. The van der Waals surface area contributed by atoms with Gasteiger partial charge in [0.2, 0.25) is 5.91 Å². The summed E-state index contributed by atoms with van der Waals surface area (Å²) >= 11 is 6.20. The van der Waals surface area contributed by atoms with Gasteiger partial charge in [-0.05, 0) is 42.2 Å². The normalized spacial score (nSPS) is 14.1. The number of amides is 1. The Morgan fingerprint density at radius 1 is 1.00 bits per heavy atom. The molecule has 1 aliphatic carbocycles. The Labute approximate surface area is 203 Å². The highest BCUT2D eigenvalue weighted by Gasteiger charge is 2.44. The number of aromatic nitrogens is 2. The Morgan fingerprint density at radius 3 is 2.41 bits per heavy atom. The highest BCUT2D eigenvalue weighted by atomic mass is 35.5. The van der Waals surface area contributed by atoms with Gasteiger partial charge >= 0.3 is 0 Å². The molecule has 172 valence electrons. The van der Waals surface area contributed by atoms with Gasteiger partial charge in [-0.2, -0.15) is 0 Å². The first-order valence-electron chi connectivity index (χ1n) is 11.6. The summed E-state index contributed by atoms with van der Waals surface area (Å²) in [5.41, 5.74) is 3.93. The standard InChI is InChI=1S/C28H26ClN3O2/c29-22-11-13-25-24(17-22)31-23(27(34)32(25)18-20-7-3-1-4-8-20)12-14-26(33)30-19-28(15-16-28)21-9-5-2-6-10-21/h1-11,13,17H,12,14-16,18-19H2,(H,30,33). The molecule has 6 heteroatoms. The molecule has 1 aliphatic rings. The summed E-state index contributed by atoms with van der Waals surface area (Å²) in [4.78, 5) is 30.6. The summed E-state index contributed by atoms with van der Waals surface area (Å²) in [5, 5.41) is 3.64. The molecule has 0 spiro atoms. The summed E-state index contributed by atoms with van der Waals surface area (Å²) < 4.78 is 1.72. The Bertz CT molecular complexity index is 1380. The Morgan fingerprint density at radius 2 is 1.71 bits per heavy atom. The molecule has 0 saturated heterocycles. The minimum Gasteiger partial charge on any atom is -0.355 e. The number of hydrogen-bond acceptors (Lipinski definition) is 3. The summed E-state index contributed by atoms with van der Waals surface area (Å²) in [5.74, 6) is -0.0655. The van der Waals surface area contributed by atoms with Crippen LogP contribution in [0.15, 0.2) is 83.7 Å². The van der Waals surface area contributed by atoms with Crippen LogP contribution in [0, 0.1) is 0 Å². The predicted octanol–water partition coefficient (Wildman–Crippen LogP) is 4.88. The molecule has 1 heterocycles. The fraction of sp³-hybridized carbons (Fsp3) is 0.250. The van der Waals surface area contributed by atoms with Crippen molar-refractivity contribution in [1.82, 2.24) is 14.9 Å². The molecule has 34 heavy (non-hydrogen) atoms. The maximum absolute atomic E-state index is 13.3. The van der Waals surface area contributed by atoms with E-state index in [4.69, 9.17) is 11.6 Å². The summed E-state index contributed by atoms with van der Waals surface area (Å²) in [7, 11) is 0. The van der Waals surface area contributed by atoms with Gasteiger partial charge in [0.15, 0.2) is 0 Å². The fourth-order valence-corrected chi connectivity index (χ4v) is 4.62. The van der Waals surface area contributed by atoms with Crippen molar-refractivity contribution >= 4 is 28.5 Å². The second-order valence-electron chi connectivity index (χ2n) is 8.99.